The molecule has 6 heteroatoms. The van der Waals surface area contributed by atoms with E-state index in [1.165, 1.54) is 5.56 Å². The zero-order chi connectivity index (χ0) is 18.0. The van der Waals surface area contributed by atoms with Gasteiger partial charge in [-0.05, 0) is 42.2 Å². The topological polar surface area (TPSA) is 79.8 Å². The molecule has 0 unspecified atom stereocenters. The van der Waals surface area contributed by atoms with E-state index in [4.69, 9.17) is 0 Å². The smallest absolute Gasteiger partial charge is 0.270 e. The molecule has 0 radical (unpaired) electrons. The van der Waals surface area contributed by atoms with E-state index < -0.39 is 0 Å². The normalized spacial score (nSPS) is 10.3. The van der Waals surface area contributed by atoms with Crippen LogP contribution in [-0.4, -0.2) is 27.4 Å². The Morgan fingerprint density at radius 3 is 2.54 bits per heavy atom. The Bertz CT molecular complexity index is 824. The van der Waals surface area contributed by atoms with E-state index in [0.29, 0.717) is 18.2 Å². The monoisotopic (exact) mass is 347 g/mol. The first kappa shape index (κ1) is 17.5. The Morgan fingerprint density at radius 1 is 0.923 bits per heavy atom. The zero-order valence-electron chi connectivity index (χ0n) is 14.4. The molecule has 1 amide bonds. The van der Waals surface area contributed by atoms with Crippen molar-refractivity contribution in [3.05, 3.63) is 83.9 Å². The molecule has 26 heavy (non-hydrogen) atoms. The van der Waals surface area contributed by atoms with Gasteiger partial charge in [0.1, 0.15) is 5.69 Å². The van der Waals surface area contributed by atoms with Crippen molar-refractivity contribution in [1.82, 2.24) is 20.3 Å². The number of aromatic nitrogens is 3. The quantitative estimate of drug-likeness (QED) is 0.613. The van der Waals surface area contributed by atoms with Crippen LogP contribution in [0, 0.1) is 0 Å². The van der Waals surface area contributed by atoms with Gasteiger partial charge in [0.05, 0.1) is 0 Å². The Kier molecular flexibility index (Phi) is 6.25. The van der Waals surface area contributed by atoms with E-state index in [1.54, 1.807) is 24.7 Å². The molecule has 3 aromatic rings. The molecular formula is C20H21N5O. The minimum Gasteiger partial charge on any atom is -0.354 e. The average molecular weight is 347 g/mol. The standard InChI is InChI=1S/C20H21N5O/c26-19(24-15-17-8-12-21-13-9-17)18-10-14-23-20(25-18)22-11-4-7-16-5-2-1-3-6-16/h1-3,5-6,8-10,12-14H,4,7,11,15H2,(H,24,26)(H,22,23,25). The summed E-state index contributed by atoms with van der Waals surface area (Å²) >= 11 is 0. The van der Waals surface area contributed by atoms with E-state index in [2.05, 4.69) is 37.7 Å². The minimum absolute atomic E-state index is 0.225. The number of rotatable bonds is 8. The van der Waals surface area contributed by atoms with Crippen LogP contribution in [0.1, 0.15) is 28.0 Å². The fraction of sp³-hybridized carbons (Fsp3) is 0.200. The van der Waals surface area contributed by atoms with Gasteiger partial charge in [-0.15, -0.1) is 0 Å². The minimum atomic E-state index is -0.225. The molecule has 1 aromatic carbocycles. The van der Waals surface area contributed by atoms with Gasteiger partial charge in [-0.3, -0.25) is 9.78 Å². The summed E-state index contributed by atoms with van der Waals surface area (Å²) < 4.78 is 0. The van der Waals surface area contributed by atoms with Crippen LogP contribution in [0.5, 0.6) is 0 Å². The molecule has 0 aliphatic carbocycles. The zero-order valence-corrected chi connectivity index (χ0v) is 14.4. The summed E-state index contributed by atoms with van der Waals surface area (Å²) in [6.07, 6.45) is 6.94. The molecule has 0 spiro atoms. The molecule has 0 fully saturated rings. The fourth-order valence-corrected chi connectivity index (χ4v) is 2.48. The number of carbonyl (C=O) groups excluding carboxylic acids is 1. The van der Waals surface area contributed by atoms with Crippen molar-refractivity contribution in [2.24, 2.45) is 0 Å². The van der Waals surface area contributed by atoms with Gasteiger partial charge in [0.15, 0.2) is 0 Å². The molecule has 0 aliphatic heterocycles. The van der Waals surface area contributed by atoms with Crippen molar-refractivity contribution in [3.8, 4) is 0 Å². The average Bonchev–Trinajstić information content (AvgIpc) is 2.71. The lowest BCUT2D eigenvalue weighted by atomic mass is 10.1. The van der Waals surface area contributed by atoms with Crippen molar-refractivity contribution >= 4 is 11.9 Å². The number of pyridine rings is 1. The highest BCUT2D eigenvalue weighted by Gasteiger charge is 2.08. The maximum Gasteiger partial charge on any atom is 0.270 e. The van der Waals surface area contributed by atoms with Crippen LogP contribution in [0.2, 0.25) is 0 Å². The van der Waals surface area contributed by atoms with E-state index in [-0.39, 0.29) is 5.91 Å². The van der Waals surface area contributed by atoms with Gasteiger partial charge in [-0.25, -0.2) is 9.97 Å². The number of hydrogen-bond acceptors (Lipinski definition) is 5. The van der Waals surface area contributed by atoms with Crippen LogP contribution < -0.4 is 10.6 Å². The van der Waals surface area contributed by atoms with Crippen molar-refractivity contribution in [3.63, 3.8) is 0 Å². The maximum absolute atomic E-state index is 12.2. The number of nitrogens with zero attached hydrogens (tertiary/aromatic N) is 3. The van der Waals surface area contributed by atoms with E-state index in [9.17, 15) is 4.79 Å². The van der Waals surface area contributed by atoms with Gasteiger partial charge in [-0.2, -0.15) is 0 Å². The van der Waals surface area contributed by atoms with Crippen molar-refractivity contribution < 1.29 is 4.79 Å². The molecule has 0 atom stereocenters. The molecule has 0 saturated heterocycles. The Labute approximate surface area is 152 Å². The lowest BCUT2D eigenvalue weighted by molar-refractivity contribution is 0.0946. The highest BCUT2D eigenvalue weighted by Crippen LogP contribution is 2.05. The summed E-state index contributed by atoms with van der Waals surface area (Å²) in [7, 11) is 0. The van der Waals surface area contributed by atoms with Crippen LogP contribution >= 0.6 is 0 Å². The van der Waals surface area contributed by atoms with E-state index in [0.717, 1.165) is 24.9 Å². The number of amides is 1. The highest BCUT2D eigenvalue weighted by atomic mass is 16.1. The molecular weight excluding hydrogens is 326 g/mol. The lowest BCUT2D eigenvalue weighted by Crippen LogP contribution is -2.24. The molecule has 2 N–H and O–H groups in total. The van der Waals surface area contributed by atoms with Crippen molar-refractivity contribution in [2.75, 3.05) is 11.9 Å². The molecule has 0 aliphatic rings. The SMILES string of the molecule is O=C(NCc1ccncc1)c1ccnc(NCCCc2ccccc2)n1. The third-order valence-corrected chi connectivity index (χ3v) is 3.86. The fourth-order valence-electron chi connectivity index (χ4n) is 2.48. The van der Waals surface area contributed by atoms with Crippen LogP contribution in [-0.2, 0) is 13.0 Å². The number of aryl methyl sites for hydroxylation is 1. The first-order valence-electron chi connectivity index (χ1n) is 8.59. The number of hydrogen-bond donors (Lipinski definition) is 2. The second-order valence-electron chi connectivity index (χ2n) is 5.82. The van der Waals surface area contributed by atoms with E-state index in [1.807, 2.05) is 30.3 Å². The second kappa shape index (κ2) is 9.27. The van der Waals surface area contributed by atoms with Crippen LogP contribution in [0.4, 0.5) is 5.95 Å². The third kappa shape index (κ3) is 5.37. The van der Waals surface area contributed by atoms with Gasteiger partial charge in [0, 0.05) is 31.7 Å². The van der Waals surface area contributed by atoms with Gasteiger partial charge >= 0.3 is 0 Å². The summed E-state index contributed by atoms with van der Waals surface area (Å²) in [5.41, 5.74) is 2.64. The Hall–Kier alpha value is -3.28. The number of benzene rings is 1. The molecule has 3 rings (SSSR count). The largest absolute Gasteiger partial charge is 0.354 e. The summed E-state index contributed by atoms with van der Waals surface area (Å²) in [6, 6.07) is 15.7. The van der Waals surface area contributed by atoms with E-state index >= 15 is 0 Å². The molecule has 2 aromatic heterocycles. The summed E-state index contributed by atoms with van der Waals surface area (Å²) in [5, 5.41) is 6.02. The summed E-state index contributed by atoms with van der Waals surface area (Å²) in [5.74, 6) is 0.242. The van der Waals surface area contributed by atoms with Gasteiger partial charge < -0.3 is 10.6 Å². The number of nitrogens with one attached hydrogen (secondary N) is 2. The van der Waals surface area contributed by atoms with Gasteiger partial charge in [-0.1, -0.05) is 30.3 Å². The Morgan fingerprint density at radius 2 is 1.73 bits per heavy atom. The lowest BCUT2D eigenvalue weighted by Gasteiger charge is -2.07. The molecule has 6 nitrogen and oxygen atoms in total. The number of anilines is 1. The first-order chi connectivity index (χ1) is 12.8. The molecule has 2 heterocycles. The predicted octanol–water partition coefficient (Wildman–Crippen LogP) is 2.85. The van der Waals surface area contributed by atoms with Crippen LogP contribution in [0.3, 0.4) is 0 Å². The van der Waals surface area contributed by atoms with Crippen LogP contribution in [0.15, 0.2) is 67.1 Å². The van der Waals surface area contributed by atoms with Gasteiger partial charge in [0.25, 0.3) is 5.91 Å². The predicted molar refractivity (Wildman–Crippen MR) is 101 cm³/mol. The summed E-state index contributed by atoms with van der Waals surface area (Å²) in [6.45, 7) is 1.18. The Balaban J connectivity index is 1.47. The second-order valence-corrected chi connectivity index (χ2v) is 5.82. The molecule has 0 saturated carbocycles. The van der Waals surface area contributed by atoms with Crippen molar-refractivity contribution in [2.45, 2.75) is 19.4 Å². The summed E-state index contributed by atoms with van der Waals surface area (Å²) in [4.78, 5) is 24.7. The van der Waals surface area contributed by atoms with Gasteiger partial charge in [0.2, 0.25) is 5.95 Å². The maximum atomic E-state index is 12.2. The number of carbonyl (C=O) groups is 1. The van der Waals surface area contributed by atoms with Crippen molar-refractivity contribution in [1.29, 1.82) is 0 Å². The van der Waals surface area contributed by atoms with Crippen LogP contribution in [0.25, 0.3) is 0 Å². The molecule has 0 bridgehead atoms. The third-order valence-electron chi connectivity index (χ3n) is 3.86. The highest BCUT2D eigenvalue weighted by molar-refractivity contribution is 5.92. The first-order valence-corrected chi connectivity index (χ1v) is 8.59. The molecule has 132 valence electrons.